The van der Waals surface area contributed by atoms with Crippen LogP contribution in [0.3, 0.4) is 0 Å². The number of carboxylic acid groups (broad SMARTS) is 1. The molecular formula is C55H93NO7. The predicted octanol–water partition coefficient (Wildman–Crippen LogP) is 13.1. The van der Waals surface area contributed by atoms with Gasteiger partial charge in [0.2, 0.25) is 0 Å². The second-order valence-corrected chi connectivity index (χ2v) is 17.7. The van der Waals surface area contributed by atoms with Gasteiger partial charge in [-0.3, -0.25) is 9.59 Å². The van der Waals surface area contributed by atoms with Crippen LogP contribution in [0, 0.1) is 0 Å². The van der Waals surface area contributed by atoms with E-state index in [9.17, 15) is 19.5 Å². The molecule has 0 aliphatic carbocycles. The van der Waals surface area contributed by atoms with E-state index in [1.165, 1.54) is 57.8 Å². The van der Waals surface area contributed by atoms with Crippen LogP contribution in [0.4, 0.5) is 0 Å². The first-order chi connectivity index (χ1) is 30.6. The molecule has 2 atom stereocenters. The summed E-state index contributed by atoms with van der Waals surface area (Å²) in [5.74, 6) is -1.77. The number of hydrogen-bond donors (Lipinski definition) is 0. The summed E-state index contributed by atoms with van der Waals surface area (Å²) in [6, 6.07) is -0.734. The zero-order chi connectivity index (χ0) is 46.3. The van der Waals surface area contributed by atoms with E-state index in [0.717, 1.165) is 103 Å². The highest BCUT2D eigenvalue weighted by molar-refractivity contribution is 5.70. The van der Waals surface area contributed by atoms with Gasteiger partial charge in [0.25, 0.3) is 0 Å². The van der Waals surface area contributed by atoms with Gasteiger partial charge < -0.3 is 28.6 Å². The fourth-order valence-electron chi connectivity index (χ4n) is 6.89. The SMILES string of the molecule is CC/C=C/C/C=C/C/C=C/C/C=C/C/C=C/CCCCCCCCC(=O)OCC(COCCC(C(=O)[O-])[N+](C)(C)C)OC(=O)CCCCCCCCC/C=C/C/C=C/CCCCC. The van der Waals surface area contributed by atoms with Crippen LogP contribution in [0.15, 0.2) is 85.1 Å². The van der Waals surface area contributed by atoms with E-state index in [1.807, 2.05) is 0 Å². The Bertz CT molecular complexity index is 1300. The van der Waals surface area contributed by atoms with Crippen molar-refractivity contribution < 1.29 is 38.2 Å². The molecule has 0 heterocycles. The lowest BCUT2D eigenvalue weighted by molar-refractivity contribution is -0.889. The van der Waals surface area contributed by atoms with E-state index in [1.54, 1.807) is 21.1 Å². The summed E-state index contributed by atoms with van der Waals surface area (Å²) in [4.78, 5) is 37.0. The zero-order valence-corrected chi connectivity index (χ0v) is 41.0. The molecule has 8 nitrogen and oxygen atoms in total. The molecule has 0 saturated heterocycles. The molecule has 0 N–H and O–H groups in total. The third-order valence-corrected chi connectivity index (χ3v) is 10.8. The number of ether oxygens (including phenoxy) is 3. The molecule has 2 unspecified atom stereocenters. The van der Waals surface area contributed by atoms with Crippen LogP contribution in [-0.4, -0.2) is 75.5 Å². The lowest BCUT2D eigenvalue weighted by Gasteiger charge is -2.34. The van der Waals surface area contributed by atoms with Gasteiger partial charge in [-0.2, -0.15) is 0 Å². The van der Waals surface area contributed by atoms with Crippen molar-refractivity contribution in [3.63, 3.8) is 0 Å². The summed E-state index contributed by atoms with van der Waals surface area (Å²) in [6.07, 6.45) is 58.9. The number of hydrogen-bond acceptors (Lipinski definition) is 7. The Kier molecular flexibility index (Phi) is 42.6. The van der Waals surface area contributed by atoms with Crippen molar-refractivity contribution in [2.45, 2.75) is 206 Å². The van der Waals surface area contributed by atoms with Gasteiger partial charge in [-0.05, 0) is 89.9 Å². The van der Waals surface area contributed by atoms with Gasteiger partial charge in [0.05, 0.1) is 40.3 Å². The molecule has 8 heteroatoms. The molecule has 360 valence electrons. The lowest BCUT2D eigenvalue weighted by atomic mass is 10.1. The van der Waals surface area contributed by atoms with Crippen LogP contribution in [0.5, 0.6) is 0 Å². The number of aliphatic carboxylic acids is 1. The number of carbonyl (C=O) groups is 3. The van der Waals surface area contributed by atoms with Crippen molar-refractivity contribution >= 4 is 17.9 Å². The summed E-state index contributed by atoms with van der Waals surface area (Å²) in [5.41, 5.74) is 0. The van der Waals surface area contributed by atoms with E-state index in [4.69, 9.17) is 14.2 Å². The largest absolute Gasteiger partial charge is 0.544 e. The molecule has 0 spiro atoms. The number of allylic oxidation sites excluding steroid dienone is 14. The van der Waals surface area contributed by atoms with Crippen LogP contribution in [-0.2, 0) is 28.6 Å². The summed E-state index contributed by atoms with van der Waals surface area (Å²) in [5, 5.41) is 11.7. The van der Waals surface area contributed by atoms with E-state index >= 15 is 0 Å². The minimum Gasteiger partial charge on any atom is -0.544 e. The average Bonchev–Trinajstić information content (AvgIpc) is 3.24. The lowest BCUT2D eigenvalue weighted by Crippen LogP contribution is -2.55. The molecule has 0 aromatic rings. The first-order valence-corrected chi connectivity index (χ1v) is 25.1. The van der Waals surface area contributed by atoms with Crippen molar-refractivity contribution in [3.8, 4) is 0 Å². The Morgan fingerprint density at radius 3 is 1.32 bits per heavy atom. The van der Waals surface area contributed by atoms with Gasteiger partial charge in [0.15, 0.2) is 6.10 Å². The standard InChI is InChI=1S/C55H93NO7/c1-6-8-10-12-14-16-18-20-22-24-25-26-27-28-30-31-33-35-37-39-41-43-45-53(57)62-50-51(49-61-48-47-52(55(59)60)56(3,4)5)63-54(58)46-44-42-40-38-36-34-32-29-23-21-19-17-15-13-11-9-7-2/h8,10,14-17,20-23,25-26,28,30,51-52H,6-7,9,11-13,18-19,24,27,29,31-50H2,1-5H3/b10-8+,16-14+,17-15+,22-20+,23-21+,26-25+,30-28+. The summed E-state index contributed by atoms with van der Waals surface area (Å²) >= 11 is 0. The quantitative estimate of drug-likeness (QED) is 0.0260. The molecule has 0 aromatic heterocycles. The van der Waals surface area contributed by atoms with Gasteiger partial charge >= 0.3 is 11.9 Å². The maximum Gasteiger partial charge on any atom is 0.306 e. The van der Waals surface area contributed by atoms with Crippen molar-refractivity contribution in [1.29, 1.82) is 0 Å². The zero-order valence-electron chi connectivity index (χ0n) is 41.0. The van der Waals surface area contributed by atoms with E-state index in [2.05, 4.69) is 98.9 Å². The normalized spacial score (nSPS) is 13.6. The molecule has 0 aromatic carbocycles. The Morgan fingerprint density at radius 1 is 0.492 bits per heavy atom. The van der Waals surface area contributed by atoms with Crippen LogP contribution in [0.2, 0.25) is 0 Å². The van der Waals surface area contributed by atoms with Crippen LogP contribution < -0.4 is 5.11 Å². The van der Waals surface area contributed by atoms with Crippen molar-refractivity contribution in [3.05, 3.63) is 85.1 Å². The number of esters is 2. The molecule has 0 rings (SSSR count). The highest BCUT2D eigenvalue weighted by atomic mass is 16.6. The van der Waals surface area contributed by atoms with Gasteiger partial charge in [0, 0.05) is 19.3 Å². The van der Waals surface area contributed by atoms with Gasteiger partial charge in [-0.15, -0.1) is 0 Å². The van der Waals surface area contributed by atoms with Crippen molar-refractivity contribution in [1.82, 2.24) is 0 Å². The number of carboxylic acids is 1. The number of likely N-dealkylation sites (N-methyl/N-ethyl adjacent to an activating group) is 1. The van der Waals surface area contributed by atoms with Gasteiger partial charge in [-0.25, -0.2) is 0 Å². The molecule has 63 heavy (non-hydrogen) atoms. The maximum atomic E-state index is 12.8. The van der Waals surface area contributed by atoms with Gasteiger partial charge in [-0.1, -0.05) is 170 Å². The predicted molar refractivity (Wildman–Crippen MR) is 263 cm³/mol. The third-order valence-electron chi connectivity index (χ3n) is 10.8. The highest BCUT2D eigenvalue weighted by Crippen LogP contribution is 2.14. The number of carbonyl (C=O) groups excluding carboxylic acids is 3. The summed E-state index contributed by atoms with van der Waals surface area (Å²) in [7, 11) is 5.40. The van der Waals surface area contributed by atoms with E-state index in [-0.39, 0.29) is 42.7 Å². The minimum absolute atomic E-state index is 0.0283. The number of unbranched alkanes of at least 4 members (excludes halogenated alkanes) is 16. The molecule has 0 radical (unpaired) electrons. The fourth-order valence-corrected chi connectivity index (χ4v) is 6.89. The molecule has 0 saturated carbocycles. The smallest absolute Gasteiger partial charge is 0.306 e. The Labute approximate surface area is 386 Å². The summed E-state index contributed by atoms with van der Waals surface area (Å²) in [6.45, 7) is 4.50. The first kappa shape index (κ1) is 59.5. The Hall–Kier alpha value is -3.49. The number of nitrogens with zero attached hydrogens (tertiary/aromatic N) is 1. The van der Waals surface area contributed by atoms with E-state index < -0.39 is 18.1 Å². The topological polar surface area (TPSA) is 102 Å². The number of quaternary nitrogens is 1. The molecular weight excluding hydrogens is 787 g/mol. The maximum absolute atomic E-state index is 12.8. The molecule has 0 bridgehead atoms. The fraction of sp³-hybridized carbons (Fsp3) is 0.691. The Balaban J connectivity index is 4.31. The summed E-state index contributed by atoms with van der Waals surface area (Å²) < 4.78 is 17.2. The minimum atomic E-state index is -1.13. The second-order valence-electron chi connectivity index (χ2n) is 17.7. The van der Waals surface area contributed by atoms with Crippen molar-refractivity contribution in [2.75, 3.05) is 41.0 Å². The monoisotopic (exact) mass is 880 g/mol. The first-order valence-electron chi connectivity index (χ1n) is 25.1. The molecule has 0 aliphatic heterocycles. The highest BCUT2D eigenvalue weighted by Gasteiger charge is 2.25. The molecule has 0 amide bonds. The van der Waals surface area contributed by atoms with Crippen LogP contribution >= 0.6 is 0 Å². The molecule has 0 aliphatic rings. The van der Waals surface area contributed by atoms with Crippen molar-refractivity contribution in [2.24, 2.45) is 0 Å². The molecule has 0 fully saturated rings. The second kappa shape index (κ2) is 45.1. The average molecular weight is 880 g/mol. The van der Waals surface area contributed by atoms with E-state index in [0.29, 0.717) is 12.8 Å². The number of rotatable bonds is 44. The van der Waals surface area contributed by atoms with Gasteiger partial charge in [0.1, 0.15) is 12.6 Å². The van der Waals surface area contributed by atoms with Crippen LogP contribution in [0.1, 0.15) is 194 Å². The third kappa shape index (κ3) is 43.5. The Morgan fingerprint density at radius 2 is 0.889 bits per heavy atom. The van der Waals surface area contributed by atoms with Crippen LogP contribution in [0.25, 0.3) is 0 Å².